The number of benzene rings is 1. The molecule has 1 aromatic carbocycles. The Balaban J connectivity index is 2.61. The molecule has 2 N–H and O–H groups in total. The molecule has 7 heteroatoms. The number of aromatic nitrogens is 2. The quantitative estimate of drug-likeness (QED) is 0.789. The van der Waals surface area contributed by atoms with Crippen molar-refractivity contribution in [2.75, 3.05) is 14.2 Å². The molecule has 22 heavy (non-hydrogen) atoms. The molecule has 7 nitrogen and oxygen atoms in total. The summed E-state index contributed by atoms with van der Waals surface area (Å²) in [4.78, 5) is 28.0. The first-order chi connectivity index (χ1) is 10.6. The topological polar surface area (TPSA) is 96.4 Å². The highest BCUT2D eigenvalue weighted by Crippen LogP contribution is 2.16. The van der Waals surface area contributed by atoms with Crippen LogP contribution in [-0.4, -0.2) is 36.0 Å². The third kappa shape index (κ3) is 3.21. The van der Waals surface area contributed by atoms with Gasteiger partial charge in [0, 0.05) is 26.0 Å². The number of rotatable bonds is 6. The first-order valence-corrected chi connectivity index (χ1v) is 6.59. The minimum atomic E-state index is -0.822. The molecule has 1 aromatic heterocycles. The van der Waals surface area contributed by atoms with E-state index in [0.717, 1.165) is 5.56 Å². The summed E-state index contributed by atoms with van der Waals surface area (Å²) in [5, 5.41) is 0. The number of primary amides is 1. The Hall–Kier alpha value is -2.51. The minimum Gasteiger partial charge on any atom is -0.365 e. The van der Waals surface area contributed by atoms with Crippen molar-refractivity contribution in [3.05, 3.63) is 52.4 Å². The molecule has 0 saturated heterocycles. The predicted molar refractivity (Wildman–Crippen MR) is 80.3 cm³/mol. The Kier molecular flexibility index (Phi) is 5.03. The second-order valence-electron chi connectivity index (χ2n) is 4.54. The zero-order valence-corrected chi connectivity index (χ0v) is 12.4. The van der Waals surface area contributed by atoms with Gasteiger partial charge in [-0.3, -0.25) is 14.2 Å². The number of hydrogen-bond donors (Lipinski definition) is 1. The van der Waals surface area contributed by atoms with Crippen LogP contribution in [-0.2, 0) is 16.0 Å². The highest BCUT2D eigenvalue weighted by atomic mass is 16.7. The smallest absolute Gasteiger partial charge is 0.266 e. The van der Waals surface area contributed by atoms with E-state index in [2.05, 4.69) is 4.98 Å². The molecule has 2 rings (SSSR count). The van der Waals surface area contributed by atoms with E-state index in [1.807, 2.05) is 30.3 Å². The second kappa shape index (κ2) is 6.97. The summed E-state index contributed by atoms with van der Waals surface area (Å²) in [5.74, 6) is -0.410. The Morgan fingerprint density at radius 1 is 1.27 bits per heavy atom. The Bertz CT molecular complexity index is 708. The monoisotopic (exact) mass is 303 g/mol. The summed E-state index contributed by atoms with van der Waals surface area (Å²) in [6.07, 6.45) is 0.545. The van der Waals surface area contributed by atoms with E-state index in [9.17, 15) is 9.59 Å². The molecule has 0 aliphatic rings. The maximum atomic E-state index is 12.5. The maximum Gasteiger partial charge on any atom is 0.266 e. The summed E-state index contributed by atoms with van der Waals surface area (Å²) in [6.45, 7) is 0.0875. The third-order valence-electron chi connectivity index (χ3n) is 3.20. The summed E-state index contributed by atoms with van der Waals surface area (Å²) in [5.41, 5.74) is 5.25. The minimum absolute atomic E-state index is 0.0875. The van der Waals surface area contributed by atoms with Crippen LogP contribution in [0.1, 0.15) is 10.4 Å². The van der Waals surface area contributed by atoms with Crippen LogP contribution in [0.3, 0.4) is 0 Å². The first-order valence-electron chi connectivity index (χ1n) is 6.59. The van der Waals surface area contributed by atoms with Crippen LogP contribution in [0.4, 0.5) is 0 Å². The molecular weight excluding hydrogens is 286 g/mol. The zero-order chi connectivity index (χ0) is 16.1. The van der Waals surface area contributed by atoms with Crippen LogP contribution in [0.5, 0.6) is 0 Å². The van der Waals surface area contributed by atoms with Gasteiger partial charge in [0.2, 0.25) is 0 Å². The van der Waals surface area contributed by atoms with Gasteiger partial charge < -0.3 is 15.2 Å². The lowest BCUT2D eigenvalue weighted by atomic mass is 10.2. The van der Waals surface area contributed by atoms with Gasteiger partial charge in [-0.15, -0.1) is 0 Å². The highest BCUT2D eigenvalue weighted by molar-refractivity contribution is 5.92. The van der Waals surface area contributed by atoms with Crippen LogP contribution in [0.25, 0.3) is 11.4 Å². The standard InChI is InChI=1S/C15H17N3O4/c1-21-12(22-2)9-18-14(10-6-4-3-5-7-10)17-8-11(13(16)19)15(18)20/h3-8,12H,9H2,1-2H3,(H2,16,19). The number of hydrogen-bond acceptors (Lipinski definition) is 5. The SMILES string of the molecule is COC(Cn1c(-c2ccccc2)ncc(C(N)=O)c1=O)OC. The van der Waals surface area contributed by atoms with Crippen LogP contribution in [0, 0.1) is 0 Å². The van der Waals surface area contributed by atoms with E-state index < -0.39 is 17.8 Å². The summed E-state index contributed by atoms with van der Waals surface area (Å²) in [6, 6.07) is 9.15. The van der Waals surface area contributed by atoms with Crippen LogP contribution in [0.2, 0.25) is 0 Å². The molecule has 0 bridgehead atoms. The van der Waals surface area contributed by atoms with Crippen molar-refractivity contribution in [2.24, 2.45) is 5.73 Å². The number of ether oxygens (including phenoxy) is 2. The van der Waals surface area contributed by atoms with Gasteiger partial charge in [-0.05, 0) is 0 Å². The van der Waals surface area contributed by atoms with Crippen molar-refractivity contribution in [3.63, 3.8) is 0 Å². The number of nitrogens with two attached hydrogens (primary N) is 1. The fourth-order valence-electron chi connectivity index (χ4n) is 2.04. The Labute approximate surface area is 127 Å². The predicted octanol–water partition coefficient (Wildman–Crippen LogP) is 0.628. The lowest BCUT2D eigenvalue weighted by molar-refractivity contribution is -0.111. The van der Waals surface area contributed by atoms with E-state index in [4.69, 9.17) is 15.2 Å². The number of methoxy groups -OCH3 is 2. The van der Waals surface area contributed by atoms with Crippen LogP contribution >= 0.6 is 0 Å². The Morgan fingerprint density at radius 2 is 1.91 bits per heavy atom. The van der Waals surface area contributed by atoms with Crippen molar-refractivity contribution in [3.8, 4) is 11.4 Å². The Morgan fingerprint density at radius 3 is 2.45 bits per heavy atom. The van der Waals surface area contributed by atoms with Crippen LogP contribution < -0.4 is 11.3 Å². The molecule has 0 radical (unpaired) electrons. The average Bonchev–Trinajstić information content (AvgIpc) is 2.54. The number of amides is 1. The van der Waals surface area contributed by atoms with E-state index in [1.54, 1.807) is 0 Å². The average molecular weight is 303 g/mol. The summed E-state index contributed by atoms with van der Waals surface area (Å²) < 4.78 is 11.6. The van der Waals surface area contributed by atoms with Gasteiger partial charge in [-0.1, -0.05) is 30.3 Å². The van der Waals surface area contributed by atoms with Gasteiger partial charge in [0.15, 0.2) is 6.29 Å². The van der Waals surface area contributed by atoms with Crippen molar-refractivity contribution in [1.29, 1.82) is 0 Å². The van der Waals surface area contributed by atoms with E-state index >= 15 is 0 Å². The van der Waals surface area contributed by atoms with Crippen molar-refractivity contribution < 1.29 is 14.3 Å². The normalized spacial score (nSPS) is 10.9. The second-order valence-corrected chi connectivity index (χ2v) is 4.54. The third-order valence-corrected chi connectivity index (χ3v) is 3.20. The largest absolute Gasteiger partial charge is 0.365 e. The van der Waals surface area contributed by atoms with Gasteiger partial charge in [-0.25, -0.2) is 4.98 Å². The molecule has 1 heterocycles. The molecule has 0 atom stereocenters. The lowest BCUT2D eigenvalue weighted by Gasteiger charge is -2.18. The molecule has 1 amide bonds. The van der Waals surface area contributed by atoms with E-state index in [0.29, 0.717) is 5.82 Å². The molecule has 2 aromatic rings. The van der Waals surface area contributed by atoms with Gasteiger partial charge in [-0.2, -0.15) is 0 Å². The summed E-state index contributed by atoms with van der Waals surface area (Å²) in [7, 11) is 2.93. The van der Waals surface area contributed by atoms with Gasteiger partial charge in [0.25, 0.3) is 11.5 Å². The molecule has 116 valence electrons. The fraction of sp³-hybridized carbons (Fsp3) is 0.267. The fourth-order valence-corrected chi connectivity index (χ4v) is 2.04. The van der Waals surface area contributed by atoms with Crippen molar-refractivity contribution in [1.82, 2.24) is 9.55 Å². The maximum absolute atomic E-state index is 12.5. The zero-order valence-electron chi connectivity index (χ0n) is 12.4. The highest BCUT2D eigenvalue weighted by Gasteiger charge is 2.18. The number of nitrogens with zero attached hydrogens (tertiary/aromatic N) is 2. The summed E-state index contributed by atoms with van der Waals surface area (Å²) >= 11 is 0. The van der Waals surface area contributed by atoms with E-state index in [1.165, 1.54) is 25.0 Å². The van der Waals surface area contributed by atoms with Gasteiger partial charge >= 0.3 is 0 Å². The lowest BCUT2D eigenvalue weighted by Crippen LogP contribution is -2.35. The molecule has 0 aliphatic heterocycles. The van der Waals surface area contributed by atoms with Gasteiger partial charge in [0.05, 0.1) is 6.54 Å². The first kappa shape index (κ1) is 15.9. The molecule has 0 saturated carbocycles. The number of carbonyl (C=O) groups excluding carboxylic acids is 1. The molecule has 0 aliphatic carbocycles. The molecular formula is C15H17N3O4. The molecule has 0 unspecified atom stereocenters. The van der Waals surface area contributed by atoms with E-state index in [-0.39, 0.29) is 12.1 Å². The number of carbonyl (C=O) groups is 1. The van der Waals surface area contributed by atoms with Crippen molar-refractivity contribution >= 4 is 5.91 Å². The molecule has 0 fully saturated rings. The van der Waals surface area contributed by atoms with Gasteiger partial charge in [0.1, 0.15) is 11.4 Å². The molecule has 0 spiro atoms. The van der Waals surface area contributed by atoms with Crippen LogP contribution in [0.15, 0.2) is 41.3 Å². The van der Waals surface area contributed by atoms with Crippen molar-refractivity contribution in [2.45, 2.75) is 12.8 Å².